The number of halogens is 1. The second-order valence-corrected chi connectivity index (χ2v) is 5.88. The molecule has 0 saturated heterocycles. The van der Waals surface area contributed by atoms with E-state index < -0.39 is 0 Å². The average molecular weight is 327 g/mol. The first-order valence-electron chi connectivity index (χ1n) is 7.06. The number of rotatable bonds is 5. The van der Waals surface area contributed by atoms with Gasteiger partial charge in [0.1, 0.15) is 10.8 Å². The quantitative estimate of drug-likeness (QED) is 0.731. The van der Waals surface area contributed by atoms with Gasteiger partial charge in [0.25, 0.3) is 0 Å². The van der Waals surface area contributed by atoms with E-state index in [2.05, 4.69) is 15.3 Å². The van der Waals surface area contributed by atoms with E-state index >= 15 is 0 Å². The Morgan fingerprint density at radius 1 is 1.09 bits per heavy atom. The fourth-order valence-corrected chi connectivity index (χ4v) is 2.67. The van der Waals surface area contributed by atoms with Crippen LogP contribution in [0.4, 0.5) is 4.39 Å². The molecule has 3 rings (SSSR count). The Labute approximate surface area is 137 Å². The zero-order valence-corrected chi connectivity index (χ0v) is 13.0. The number of aromatic nitrogens is 2. The van der Waals surface area contributed by atoms with Crippen LogP contribution < -0.4 is 5.32 Å². The van der Waals surface area contributed by atoms with Crippen LogP contribution in [0.25, 0.3) is 11.0 Å². The van der Waals surface area contributed by atoms with Gasteiger partial charge >= 0.3 is 0 Å². The Balaban J connectivity index is 1.52. The van der Waals surface area contributed by atoms with Crippen molar-refractivity contribution < 1.29 is 9.18 Å². The van der Waals surface area contributed by atoms with E-state index in [-0.39, 0.29) is 17.5 Å². The SMILES string of the molecule is O=C(CSc1cnc2ccccc2n1)NCc1ccc(F)cc1. The summed E-state index contributed by atoms with van der Waals surface area (Å²) >= 11 is 1.34. The van der Waals surface area contributed by atoms with Crippen LogP contribution in [0.1, 0.15) is 5.56 Å². The maximum absolute atomic E-state index is 12.8. The van der Waals surface area contributed by atoms with E-state index in [1.807, 2.05) is 24.3 Å². The molecule has 0 spiro atoms. The summed E-state index contributed by atoms with van der Waals surface area (Å²) < 4.78 is 12.8. The molecular formula is C17H14FN3OS. The molecule has 0 atom stereocenters. The standard InChI is InChI=1S/C17H14FN3OS/c18-13-7-5-12(6-8-13)9-20-16(22)11-23-17-10-19-14-3-1-2-4-15(14)21-17/h1-8,10H,9,11H2,(H,20,22). The van der Waals surface area contributed by atoms with Crippen molar-refractivity contribution in [2.24, 2.45) is 0 Å². The Morgan fingerprint density at radius 2 is 1.83 bits per heavy atom. The van der Waals surface area contributed by atoms with Gasteiger partial charge < -0.3 is 5.32 Å². The summed E-state index contributed by atoms with van der Waals surface area (Å²) in [6.45, 7) is 0.378. The molecule has 1 aromatic heterocycles. The Kier molecular flexibility index (Phi) is 4.83. The van der Waals surface area contributed by atoms with Crippen molar-refractivity contribution in [1.29, 1.82) is 0 Å². The minimum atomic E-state index is -0.287. The van der Waals surface area contributed by atoms with Crippen molar-refractivity contribution in [3.63, 3.8) is 0 Å². The highest BCUT2D eigenvalue weighted by Crippen LogP contribution is 2.17. The Bertz CT molecular complexity index is 823. The molecule has 1 N–H and O–H groups in total. The summed E-state index contributed by atoms with van der Waals surface area (Å²) in [5, 5.41) is 3.50. The Morgan fingerprint density at radius 3 is 2.61 bits per heavy atom. The van der Waals surface area contributed by atoms with Crippen molar-refractivity contribution in [3.05, 3.63) is 66.1 Å². The third kappa shape index (κ3) is 4.26. The minimum Gasteiger partial charge on any atom is -0.351 e. The number of benzene rings is 2. The average Bonchev–Trinajstić information content (AvgIpc) is 2.59. The highest BCUT2D eigenvalue weighted by molar-refractivity contribution is 7.99. The summed E-state index contributed by atoms with van der Waals surface area (Å²) in [4.78, 5) is 20.6. The summed E-state index contributed by atoms with van der Waals surface area (Å²) in [7, 11) is 0. The van der Waals surface area contributed by atoms with Gasteiger partial charge in [-0.25, -0.2) is 9.37 Å². The van der Waals surface area contributed by atoms with Crippen molar-refractivity contribution >= 4 is 28.7 Å². The van der Waals surface area contributed by atoms with Gasteiger partial charge in [0.2, 0.25) is 5.91 Å². The molecule has 0 saturated carbocycles. The molecule has 23 heavy (non-hydrogen) atoms. The number of nitrogens with one attached hydrogen (secondary N) is 1. The number of fused-ring (bicyclic) bond motifs is 1. The zero-order chi connectivity index (χ0) is 16.1. The molecule has 0 bridgehead atoms. The molecule has 6 heteroatoms. The van der Waals surface area contributed by atoms with Gasteiger partial charge in [-0.3, -0.25) is 9.78 Å². The van der Waals surface area contributed by atoms with E-state index in [0.717, 1.165) is 16.6 Å². The fraction of sp³-hybridized carbons (Fsp3) is 0.118. The number of nitrogens with zero attached hydrogens (tertiary/aromatic N) is 2. The maximum atomic E-state index is 12.8. The van der Waals surface area contributed by atoms with Crippen LogP contribution in [0.2, 0.25) is 0 Å². The summed E-state index contributed by atoms with van der Waals surface area (Å²) in [5.41, 5.74) is 2.50. The molecule has 1 heterocycles. The molecule has 0 aliphatic rings. The van der Waals surface area contributed by atoms with E-state index in [0.29, 0.717) is 11.6 Å². The first kappa shape index (κ1) is 15.4. The van der Waals surface area contributed by atoms with Crippen molar-refractivity contribution in [1.82, 2.24) is 15.3 Å². The molecule has 0 fully saturated rings. The lowest BCUT2D eigenvalue weighted by molar-refractivity contribution is -0.118. The first-order chi connectivity index (χ1) is 11.2. The summed E-state index contributed by atoms with van der Waals surface area (Å²) in [6.07, 6.45) is 1.67. The van der Waals surface area contributed by atoms with Crippen LogP contribution >= 0.6 is 11.8 Å². The van der Waals surface area contributed by atoms with Crippen LogP contribution in [0.3, 0.4) is 0 Å². The molecule has 0 aliphatic heterocycles. The van der Waals surface area contributed by atoms with Crippen LogP contribution in [0.5, 0.6) is 0 Å². The number of carbonyl (C=O) groups excluding carboxylic acids is 1. The lowest BCUT2D eigenvalue weighted by atomic mass is 10.2. The lowest BCUT2D eigenvalue weighted by Gasteiger charge is -2.05. The molecule has 0 unspecified atom stereocenters. The second kappa shape index (κ2) is 7.19. The number of para-hydroxylation sites is 2. The summed E-state index contributed by atoms with van der Waals surface area (Å²) in [6, 6.07) is 13.7. The van der Waals surface area contributed by atoms with Crippen molar-refractivity contribution in [2.45, 2.75) is 11.6 Å². The van der Waals surface area contributed by atoms with Gasteiger partial charge in [-0.05, 0) is 29.8 Å². The predicted octanol–water partition coefficient (Wildman–Crippen LogP) is 3.18. The van der Waals surface area contributed by atoms with Gasteiger partial charge in [0.05, 0.1) is 23.0 Å². The third-order valence-electron chi connectivity index (χ3n) is 3.18. The number of carbonyl (C=O) groups is 1. The smallest absolute Gasteiger partial charge is 0.230 e. The number of hydrogen-bond donors (Lipinski definition) is 1. The number of hydrogen-bond acceptors (Lipinski definition) is 4. The van der Waals surface area contributed by atoms with Gasteiger partial charge in [0, 0.05) is 6.54 Å². The molecule has 1 amide bonds. The second-order valence-electron chi connectivity index (χ2n) is 4.89. The van der Waals surface area contributed by atoms with Gasteiger partial charge in [0.15, 0.2) is 0 Å². The third-order valence-corrected chi connectivity index (χ3v) is 4.08. The van der Waals surface area contributed by atoms with Crippen molar-refractivity contribution in [3.8, 4) is 0 Å². The predicted molar refractivity (Wildman–Crippen MR) is 88.5 cm³/mol. The molecular weight excluding hydrogens is 313 g/mol. The minimum absolute atomic E-state index is 0.103. The van der Waals surface area contributed by atoms with Crippen LogP contribution in [0.15, 0.2) is 59.8 Å². The number of amides is 1. The van der Waals surface area contributed by atoms with Gasteiger partial charge in [-0.15, -0.1) is 0 Å². The molecule has 116 valence electrons. The zero-order valence-electron chi connectivity index (χ0n) is 12.2. The van der Waals surface area contributed by atoms with Crippen LogP contribution in [-0.4, -0.2) is 21.6 Å². The Hall–Kier alpha value is -2.47. The summed E-state index contributed by atoms with van der Waals surface area (Å²) in [5.74, 6) is -0.131. The van der Waals surface area contributed by atoms with E-state index in [9.17, 15) is 9.18 Å². The molecule has 4 nitrogen and oxygen atoms in total. The molecule has 3 aromatic rings. The highest BCUT2D eigenvalue weighted by atomic mass is 32.2. The van der Waals surface area contributed by atoms with E-state index in [4.69, 9.17) is 0 Å². The van der Waals surface area contributed by atoms with Gasteiger partial charge in [-0.2, -0.15) is 0 Å². The topological polar surface area (TPSA) is 54.9 Å². The largest absolute Gasteiger partial charge is 0.351 e. The molecule has 0 radical (unpaired) electrons. The normalized spacial score (nSPS) is 10.7. The van der Waals surface area contributed by atoms with E-state index in [1.54, 1.807) is 18.3 Å². The van der Waals surface area contributed by atoms with E-state index in [1.165, 1.54) is 23.9 Å². The van der Waals surface area contributed by atoms with Crippen LogP contribution in [-0.2, 0) is 11.3 Å². The number of thioether (sulfide) groups is 1. The monoisotopic (exact) mass is 327 g/mol. The molecule has 2 aromatic carbocycles. The van der Waals surface area contributed by atoms with Crippen LogP contribution in [0, 0.1) is 5.82 Å². The van der Waals surface area contributed by atoms with Crippen molar-refractivity contribution in [2.75, 3.05) is 5.75 Å². The molecule has 0 aliphatic carbocycles. The fourth-order valence-electron chi connectivity index (χ4n) is 2.00. The van der Waals surface area contributed by atoms with Gasteiger partial charge in [-0.1, -0.05) is 36.0 Å². The maximum Gasteiger partial charge on any atom is 0.230 e. The highest BCUT2D eigenvalue weighted by Gasteiger charge is 2.05. The first-order valence-corrected chi connectivity index (χ1v) is 8.05. The lowest BCUT2D eigenvalue weighted by Crippen LogP contribution is -2.24.